The Kier molecular flexibility index (Phi) is 4.15. The zero-order valence-corrected chi connectivity index (χ0v) is 10.3. The summed E-state index contributed by atoms with van der Waals surface area (Å²) in [7, 11) is 1.39. The van der Waals surface area contributed by atoms with Crippen LogP contribution in [-0.2, 0) is 0 Å². The first-order chi connectivity index (χ1) is 8.70. The largest absolute Gasteiger partial charge is 0.494 e. The van der Waals surface area contributed by atoms with Crippen LogP contribution >= 0.6 is 0 Å². The highest BCUT2D eigenvalue weighted by Gasteiger charge is 2.17. The highest BCUT2D eigenvalue weighted by atomic mass is 19.1. The molecule has 0 aliphatic carbocycles. The number of ether oxygens (including phenoxy) is 1. The molecule has 18 heavy (non-hydrogen) atoms. The van der Waals surface area contributed by atoms with E-state index in [1.807, 2.05) is 0 Å². The first-order valence-corrected chi connectivity index (χ1v) is 6.06. The lowest BCUT2D eigenvalue weighted by molar-refractivity contribution is 0.0930. The minimum Gasteiger partial charge on any atom is -0.494 e. The number of amides is 1. The van der Waals surface area contributed by atoms with Crippen molar-refractivity contribution in [3.63, 3.8) is 0 Å². The van der Waals surface area contributed by atoms with E-state index in [4.69, 9.17) is 4.74 Å². The van der Waals surface area contributed by atoms with Gasteiger partial charge in [-0.15, -0.1) is 0 Å². The molecule has 98 valence electrons. The molecule has 2 N–H and O–H groups in total. The number of rotatable bonds is 3. The smallest absolute Gasteiger partial charge is 0.251 e. The summed E-state index contributed by atoms with van der Waals surface area (Å²) in [6.45, 7) is 1.76. The van der Waals surface area contributed by atoms with Gasteiger partial charge in [0.1, 0.15) is 0 Å². The maximum Gasteiger partial charge on any atom is 0.251 e. The van der Waals surface area contributed by atoms with Gasteiger partial charge in [0, 0.05) is 18.2 Å². The van der Waals surface area contributed by atoms with E-state index < -0.39 is 5.82 Å². The Hall–Kier alpha value is -1.62. The molecule has 5 heteroatoms. The van der Waals surface area contributed by atoms with E-state index in [2.05, 4.69) is 10.6 Å². The third kappa shape index (κ3) is 2.98. The third-order valence-corrected chi connectivity index (χ3v) is 3.05. The number of benzene rings is 1. The quantitative estimate of drug-likeness (QED) is 0.853. The van der Waals surface area contributed by atoms with Crippen molar-refractivity contribution in [1.82, 2.24) is 10.6 Å². The van der Waals surface area contributed by atoms with E-state index in [1.54, 1.807) is 6.07 Å². The summed E-state index contributed by atoms with van der Waals surface area (Å²) >= 11 is 0. The second-order valence-electron chi connectivity index (χ2n) is 4.37. The fourth-order valence-corrected chi connectivity index (χ4v) is 2.05. The molecule has 1 saturated heterocycles. The van der Waals surface area contributed by atoms with Crippen molar-refractivity contribution < 1.29 is 13.9 Å². The van der Waals surface area contributed by atoms with Gasteiger partial charge in [-0.05, 0) is 37.6 Å². The van der Waals surface area contributed by atoms with Crippen LogP contribution in [0.5, 0.6) is 5.75 Å². The summed E-state index contributed by atoms with van der Waals surface area (Å²) in [5, 5.41) is 6.10. The molecular weight excluding hydrogens is 235 g/mol. The van der Waals surface area contributed by atoms with Gasteiger partial charge in [0.05, 0.1) is 7.11 Å². The average Bonchev–Trinajstić information content (AvgIpc) is 2.39. The topological polar surface area (TPSA) is 50.4 Å². The van der Waals surface area contributed by atoms with Gasteiger partial charge in [-0.25, -0.2) is 4.39 Å². The first kappa shape index (κ1) is 12.8. The minimum absolute atomic E-state index is 0.122. The van der Waals surface area contributed by atoms with E-state index in [9.17, 15) is 9.18 Å². The van der Waals surface area contributed by atoms with Crippen molar-refractivity contribution in [2.75, 3.05) is 20.2 Å². The molecule has 4 nitrogen and oxygen atoms in total. The molecule has 1 heterocycles. The summed E-state index contributed by atoms with van der Waals surface area (Å²) in [6.07, 6.45) is 2.00. The molecule has 1 unspecified atom stereocenters. The standard InChI is InChI=1S/C13H17FN2O2/c1-18-12-5-4-9(7-11(12)14)13(17)16-10-3-2-6-15-8-10/h4-5,7,10,15H,2-3,6,8H2,1H3,(H,16,17). The predicted octanol–water partition coefficient (Wildman–Crippen LogP) is 1.32. The van der Waals surface area contributed by atoms with Gasteiger partial charge in [-0.3, -0.25) is 4.79 Å². The van der Waals surface area contributed by atoms with E-state index in [-0.39, 0.29) is 17.7 Å². The molecule has 1 aromatic rings. The van der Waals surface area contributed by atoms with Crippen molar-refractivity contribution in [1.29, 1.82) is 0 Å². The Balaban J connectivity index is 2.01. The molecule has 2 rings (SSSR count). The molecule has 0 aromatic heterocycles. The van der Waals surface area contributed by atoms with Crippen LogP contribution < -0.4 is 15.4 Å². The normalized spacial score (nSPS) is 19.3. The van der Waals surface area contributed by atoms with E-state index in [1.165, 1.54) is 19.2 Å². The third-order valence-electron chi connectivity index (χ3n) is 3.05. The Labute approximate surface area is 106 Å². The fourth-order valence-electron chi connectivity index (χ4n) is 2.05. The van der Waals surface area contributed by atoms with Gasteiger partial charge in [-0.1, -0.05) is 0 Å². The summed E-state index contributed by atoms with van der Waals surface area (Å²) in [6, 6.07) is 4.35. The van der Waals surface area contributed by atoms with Crippen LogP contribution in [0.3, 0.4) is 0 Å². The second kappa shape index (κ2) is 5.82. The van der Waals surface area contributed by atoms with Crippen molar-refractivity contribution >= 4 is 5.91 Å². The Bertz CT molecular complexity index is 431. The number of carbonyl (C=O) groups is 1. The zero-order chi connectivity index (χ0) is 13.0. The molecule has 1 fully saturated rings. The lowest BCUT2D eigenvalue weighted by Gasteiger charge is -2.23. The predicted molar refractivity (Wildman–Crippen MR) is 66.3 cm³/mol. The average molecular weight is 252 g/mol. The van der Waals surface area contributed by atoms with Crippen molar-refractivity contribution in [2.24, 2.45) is 0 Å². The molecule has 0 radical (unpaired) electrons. The van der Waals surface area contributed by atoms with Crippen molar-refractivity contribution in [3.05, 3.63) is 29.6 Å². The lowest BCUT2D eigenvalue weighted by atomic mass is 10.1. The highest BCUT2D eigenvalue weighted by Crippen LogP contribution is 2.17. The number of methoxy groups -OCH3 is 1. The van der Waals surface area contributed by atoms with Gasteiger partial charge in [-0.2, -0.15) is 0 Å². The van der Waals surface area contributed by atoms with Gasteiger partial charge in [0.15, 0.2) is 11.6 Å². The molecule has 0 saturated carbocycles. The van der Waals surface area contributed by atoms with Gasteiger partial charge in [0.25, 0.3) is 5.91 Å². The van der Waals surface area contributed by atoms with E-state index in [0.29, 0.717) is 5.56 Å². The number of nitrogens with one attached hydrogen (secondary N) is 2. The first-order valence-electron chi connectivity index (χ1n) is 6.06. The minimum atomic E-state index is -0.521. The number of halogens is 1. The van der Waals surface area contributed by atoms with Crippen molar-refractivity contribution in [2.45, 2.75) is 18.9 Å². The number of carbonyl (C=O) groups excluding carboxylic acids is 1. The molecule has 1 atom stereocenters. The molecule has 0 spiro atoms. The lowest BCUT2D eigenvalue weighted by Crippen LogP contribution is -2.45. The van der Waals surface area contributed by atoms with Crippen LogP contribution in [0.1, 0.15) is 23.2 Å². The Morgan fingerprint density at radius 3 is 3.00 bits per heavy atom. The summed E-state index contributed by atoms with van der Waals surface area (Å²) in [5.41, 5.74) is 0.318. The molecule has 1 amide bonds. The van der Waals surface area contributed by atoms with Crippen LogP contribution in [0.15, 0.2) is 18.2 Å². The second-order valence-corrected chi connectivity index (χ2v) is 4.37. The van der Waals surface area contributed by atoms with Crippen LogP contribution in [0, 0.1) is 5.82 Å². The van der Waals surface area contributed by atoms with E-state index >= 15 is 0 Å². The number of hydrogen-bond donors (Lipinski definition) is 2. The van der Waals surface area contributed by atoms with Gasteiger partial charge < -0.3 is 15.4 Å². The molecule has 1 aromatic carbocycles. The summed E-state index contributed by atoms with van der Waals surface area (Å²) in [5.74, 6) is -0.622. The van der Waals surface area contributed by atoms with Crippen molar-refractivity contribution in [3.8, 4) is 5.75 Å². The van der Waals surface area contributed by atoms with Crippen LogP contribution in [0.4, 0.5) is 4.39 Å². The summed E-state index contributed by atoms with van der Waals surface area (Å²) in [4.78, 5) is 11.9. The molecular formula is C13H17FN2O2. The monoisotopic (exact) mass is 252 g/mol. The molecule has 1 aliphatic heterocycles. The maximum atomic E-state index is 13.5. The van der Waals surface area contributed by atoms with Crippen LogP contribution in [0.25, 0.3) is 0 Å². The van der Waals surface area contributed by atoms with Gasteiger partial charge in [0.2, 0.25) is 0 Å². The zero-order valence-electron chi connectivity index (χ0n) is 10.3. The molecule has 0 bridgehead atoms. The number of hydrogen-bond acceptors (Lipinski definition) is 3. The molecule has 1 aliphatic rings. The summed E-state index contributed by atoms with van der Waals surface area (Å²) < 4.78 is 18.3. The Morgan fingerprint density at radius 2 is 2.39 bits per heavy atom. The fraction of sp³-hybridized carbons (Fsp3) is 0.462. The number of piperidine rings is 1. The van der Waals surface area contributed by atoms with Gasteiger partial charge >= 0.3 is 0 Å². The maximum absolute atomic E-state index is 13.5. The Morgan fingerprint density at radius 1 is 1.56 bits per heavy atom. The highest BCUT2D eigenvalue weighted by molar-refractivity contribution is 5.94. The van der Waals surface area contributed by atoms with Crippen LogP contribution in [-0.4, -0.2) is 32.1 Å². The SMILES string of the molecule is COc1ccc(C(=O)NC2CCCNC2)cc1F. The van der Waals surface area contributed by atoms with Crippen LogP contribution in [0.2, 0.25) is 0 Å². The van der Waals surface area contributed by atoms with E-state index in [0.717, 1.165) is 25.9 Å².